The highest BCUT2D eigenvalue weighted by Crippen LogP contribution is 2.23. The van der Waals surface area contributed by atoms with Gasteiger partial charge in [0, 0.05) is 23.7 Å². The van der Waals surface area contributed by atoms with E-state index in [2.05, 4.69) is 6.58 Å². The molecule has 0 aliphatic heterocycles. The molecule has 4 heteroatoms. The summed E-state index contributed by atoms with van der Waals surface area (Å²) in [6.45, 7) is 8.95. The average Bonchev–Trinajstić information content (AvgIpc) is 2.35. The van der Waals surface area contributed by atoms with Crippen molar-refractivity contribution in [3.05, 3.63) is 40.9 Å². The Hall–Kier alpha value is -1.48. The zero-order chi connectivity index (χ0) is 14.4. The van der Waals surface area contributed by atoms with Crippen LogP contribution in [0.15, 0.2) is 30.4 Å². The Bertz CT molecular complexity index is 471. The monoisotopic (exact) mass is 281 g/mol. The summed E-state index contributed by atoms with van der Waals surface area (Å²) >= 11 is 5.96. The first kappa shape index (κ1) is 15.6. The highest BCUT2D eigenvalue weighted by Gasteiger charge is 2.15. The molecule has 0 aliphatic rings. The fraction of sp³-hybridized carbons (Fsp3) is 0.400. The van der Waals surface area contributed by atoms with Crippen molar-refractivity contribution in [3.63, 3.8) is 0 Å². The summed E-state index contributed by atoms with van der Waals surface area (Å²) in [5.41, 5.74) is 1.77. The van der Waals surface area contributed by atoms with Crippen LogP contribution in [0.3, 0.4) is 0 Å². The number of hydrogen-bond donors (Lipinski definition) is 0. The van der Waals surface area contributed by atoms with Crippen LogP contribution < -0.4 is 4.74 Å². The summed E-state index contributed by atoms with van der Waals surface area (Å²) < 4.78 is 5.25. The van der Waals surface area contributed by atoms with Gasteiger partial charge in [-0.3, -0.25) is 4.79 Å². The number of hydrogen-bond acceptors (Lipinski definition) is 2. The van der Waals surface area contributed by atoms with Crippen LogP contribution in [0, 0.1) is 0 Å². The van der Waals surface area contributed by atoms with Gasteiger partial charge in [-0.2, -0.15) is 0 Å². The van der Waals surface area contributed by atoms with E-state index in [0.29, 0.717) is 23.9 Å². The molecule has 3 nitrogen and oxygen atoms in total. The van der Waals surface area contributed by atoms with Crippen LogP contribution in [-0.4, -0.2) is 31.0 Å². The van der Waals surface area contributed by atoms with E-state index in [1.165, 1.54) is 0 Å². The van der Waals surface area contributed by atoms with Crippen molar-refractivity contribution in [2.75, 3.05) is 20.2 Å². The van der Waals surface area contributed by atoms with Crippen molar-refractivity contribution in [1.29, 1.82) is 0 Å². The molecule has 0 fully saturated rings. The van der Waals surface area contributed by atoms with E-state index in [-0.39, 0.29) is 12.3 Å². The number of amides is 1. The molecule has 0 N–H and O–H groups in total. The lowest BCUT2D eigenvalue weighted by Crippen LogP contribution is -2.33. The van der Waals surface area contributed by atoms with Crippen molar-refractivity contribution < 1.29 is 9.53 Å². The lowest BCUT2D eigenvalue weighted by molar-refractivity contribution is -0.129. The van der Waals surface area contributed by atoms with Gasteiger partial charge in [-0.15, -0.1) is 0 Å². The highest BCUT2D eigenvalue weighted by molar-refractivity contribution is 6.30. The van der Waals surface area contributed by atoms with Crippen molar-refractivity contribution in [3.8, 4) is 5.75 Å². The number of likely N-dealkylation sites (N-methyl/N-ethyl adjacent to an activating group) is 1. The molecular formula is C15H20ClNO2. The molecule has 0 unspecified atom stereocenters. The van der Waals surface area contributed by atoms with Gasteiger partial charge in [0.05, 0.1) is 13.5 Å². The second kappa shape index (κ2) is 7.19. The van der Waals surface area contributed by atoms with Crippen molar-refractivity contribution in [1.82, 2.24) is 4.90 Å². The van der Waals surface area contributed by atoms with Gasteiger partial charge in [-0.1, -0.05) is 23.8 Å². The molecule has 104 valence electrons. The summed E-state index contributed by atoms with van der Waals surface area (Å²) in [6, 6.07) is 5.30. The molecule has 19 heavy (non-hydrogen) atoms. The third-order valence-electron chi connectivity index (χ3n) is 2.78. The van der Waals surface area contributed by atoms with Gasteiger partial charge in [-0.25, -0.2) is 0 Å². The minimum absolute atomic E-state index is 0.0473. The second-order valence-corrected chi connectivity index (χ2v) is 4.93. The van der Waals surface area contributed by atoms with E-state index in [9.17, 15) is 4.79 Å². The van der Waals surface area contributed by atoms with Crippen LogP contribution >= 0.6 is 11.6 Å². The van der Waals surface area contributed by atoms with E-state index < -0.39 is 0 Å². The third kappa shape index (κ3) is 4.60. The van der Waals surface area contributed by atoms with Crippen LogP contribution in [0.5, 0.6) is 5.75 Å². The number of nitrogens with zero attached hydrogens (tertiary/aromatic N) is 1. The fourth-order valence-corrected chi connectivity index (χ4v) is 2.06. The number of rotatable bonds is 6. The molecule has 0 radical (unpaired) electrons. The predicted molar refractivity (Wildman–Crippen MR) is 78.8 cm³/mol. The first-order valence-electron chi connectivity index (χ1n) is 6.22. The van der Waals surface area contributed by atoms with Crippen LogP contribution in [-0.2, 0) is 11.2 Å². The first-order valence-corrected chi connectivity index (χ1v) is 6.60. The average molecular weight is 282 g/mol. The summed E-state index contributed by atoms with van der Waals surface area (Å²) in [7, 11) is 1.59. The molecule has 0 heterocycles. The van der Waals surface area contributed by atoms with Crippen LogP contribution in [0.1, 0.15) is 19.4 Å². The Balaban J connectivity index is 2.85. The number of ether oxygens (including phenoxy) is 1. The maximum Gasteiger partial charge on any atom is 0.227 e. The Morgan fingerprint density at radius 3 is 2.68 bits per heavy atom. The van der Waals surface area contributed by atoms with Gasteiger partial charge in [0.1, 0.15) is 5.75 Å². The summed E-state index contributed by atoms with van der Waals surface area (Å²) in [6.07, 6.45) is 0.283. The second-order valence-electron chi connectivity index (χ2n) is 4.50. The maximum absolute atomic E-state index is 12.2. The highest BCUT2D eigenvalue weighted by atomic mass is 35.5. The van der Waals surface area contributed by atoms with E-state index in [1.54, 1.807) is 30.2 Å². The molecule has 0 atom stereocenters. The van der Waals surface area contributed by atoms with E-state index in [4.69, 9.17) is 16.3 Å². The zero-order valence-electron chi connectivity index (χ0n) is 11.7. The predicted octanol–water partition coefficient (Wildman–Crippen LogP) is 3.32. The number of carbonyl (C=O) groups excluding carboxylic acids is 1. The molecule has 0 spiro atoms. The number of methoxy groups -OCH3 is 1. The molecule has 1 aromatic carbocycles. The lowest BCUT2D eigenvalue weighted by Gasteiger charge is -2.21. The number of carbonyl (C=O) groups is 1. The van der Waals surface area contributed by atoms with Gasteiger partial charge in [0.25, 0.3) is 0 Å². The number of benzene rings is 1. The lowest BCUT2D eigenvalue weighted by atomic mass is 10.1. The van der Waals surface area contributed by atoms with E-state index in [0.717, 1.165) is 11.1 Å². The maximum atomic E-state index is 12.2. The molecule has 1 rings (SSSR count). The van der Waals surface area contributed by atoms with Gasteiger partial charge >= 0.3 is 0 Å². The molecule has 1 amide bonds. The minimum Gasteiger partial charge on any atom is -0.496 e. The smallest absolute Gasteiger partial charge is 0.227 e. The van der Waals surface area contributed by atoms with Crippen molar-refractivity contribution in [2.24, 2.45) is 0 Å². The summed E-state index contributed by atoms with van der Waals surface area (Å²) in [4.78, 5) is 14.0. The minimum atomic E-state index is 0.0473. The number of halogens is 1. The van der Waals surface area contributed by atoms with Gasteiger partial charge in [0.15, 0.2) is 0 Å². The van der Waals surface area contributed by atoms with Crippen LogP contribution in [0.25, 0.3) is 0 Å². The Morgan fingerprint density at radius 1 is 1.47 bits per heavy atom. The molecular weight excluding hydrogens is 262 g/mol. The zero-order valence-corrected chi connectivity index (χ0v) is 12.5. The molecule has 0 saturated heterocycles. The Kier molecular flexibility index (Phi) is 5.90. The molecule has 0 aliphatic carbocycles. The van der Waals surface area contributed by atoms with Gasteiger partial charge < -0.3 is 9.64 Å². The van der Waals surface area contributed by atoms with Crippen LogP contribution in [0.2, 0.25) is 5.02 Å². The Labute approximate surface area is 119 Å². The largest absolute Gasteiger partial charge is 0.496 e. The van der Waals surface area contributed by atoms with Crippen LogP contribution in [0.4, 0.5) is 0 Å². The Morgan fingerprint density at radius 2 is 2.16 bits per heavy atom. The topological polar surface area (TPSA) is 29.5 Å². The first-order chi connectivity index (χ1) is 8.97. The fourth-order valence-electron chi connectivity index (χ4n) is 1.86. The van der Waals surface area contributed by atoms with Crippen molar-refractivity contribution >= 4 is 17.5 Å². The quantitative estimate of drug-likeness (QED) is 0.749. The molecule has 0 aromatic heterocycles. The van der Waals surface area contributed by atoms with Gasteiger partial charge in [0.2, 0.25) is 5.91 Å². The summed E-state index contributed by atoms with van der Waals surface area (Å²) in [5, 5.41) is 0.603. The normalized spacial score (nSPS) is 10.1. The third-order valence-corrected chi connectivity index (χ3v) is 3.01. The van der Waals surface area contributed by atoms with E-state index in [1.807, 2.05) is 13.8 Å². The van der Waals surface area contributed by atoms with Crippen molar-refractivity contribution in [2.45, 2.75) is 20.3 Å². The van der Waals surface area contributed by atoms with Gasteiger partial charge in [-0.05, 0) is 32.0 Å². The van der Waals surface area contributed by atoms with E-state index >= 15 is 0 Å². The standard InChI is InChI=1S/C15H20ClNO2/c1-5-17(10-11(2)3)15(18)9-12-8-13(16)6-7-14(12)19-4/h6-8H,2,5,9-10H2,1,3-4H3. The SMILES string of the molecule is C=C(C)CN(CC)C(=O)Cc1cc(Cl)ccc1OC. The summed E-state index contributed by atoms with van der Waals surface area (Å²) in [5.74, 6) is 0.732. The molecule has 1 aromatic rings. The molecule has 0 bridgehead atoms. The molecule has 0 saturated carbocycles.